The summed E-state index contributed by atoms with van der Waals surface area (Å²) in [5.74, 6) is -2.65. The molecule has 1 aromatic heterocycles. The van der Waals surface area contributed by atoms with E-state index >= 15 is 0 Å². The highest BCUT2D eigenvalue weighted by atomic mass is 19.3. The number of nitrogens with zero attached hydrogens (tertiary/aromatic N) is 2. The number of carbonyl (C=O) groups excluding carboxylic acids is 1. The summed E-state index contributed by atoms with van der Waals surface area (Å²) in [5.41, 5.74) is -2.29. The van der Waals surface area contributed by atoms with Gasteiger partial charge in [-0.2, -0.15) is 9.65 Å². The molecule has 0 aliphatic carbocycles. The maximum absolute atomic E-state index is 13.2. The van der Waals surface area contributed by atoms with Gasteiger partial charge >= 0.3 is 5.97 Å². The lowest BCUT2D eigenvalue weighted by Gasteiger charge is -2.08. The Morgan fingerprint density at radius 1 is 1.65 bits per heavy atom. The first-order chi connectivity index (χ1) is 8.01. The molecule has 0 amide bonds. The Bertz CT molecular complexity index is 483. The van der Waals surface area contributed by atoms with Crippen LogP contribution in [-0.2, 0) is 4.74 Å². The molecular formula is C10H7F3N2O2. The van der Waals surface area contributed by atoms with Crippen molar-refractivity contribution in [2.75, 3.05) is 6.61 Å². The van der Waals surface area contributed by atoms with Crippen molar-refractivity contribution in [1.29, 1.82) is 5.26 Å². The van der Waals surface area contributed by atoms with Crippen molar-refractivity contribution in [2.24, 2.45) is 0 Å². The Balaban J connectivity index is 3.38. The van der Waals surface area contributed by atoms with Gasteiger partial charge in [0.25, 0.3) is 6.43 Å². The van der Waals surface area contributed by atoms with Crippen LogP contribution < -0.4 is 0 Å². The van der Waals surface area contributed by atoms with Gasteiger partial charge in [-0.25, -0.2) is 18.6 Å². The van der Waals surface area contributed by atoms with Crippen LogP contribution in [0.15, 0.2) is 6.07 Å². The normalized spacial score (nSPS) is 10.1. The summed E-state index contributed by atoms with van der Waals surface area (Å²) in [6, 6.07) is 2.25. The second-order valence-corrected chi connectivity index (χ2v) is 2.89. The summed E-state index contributed by atoms with van der Waals surface area (Å²) < 4.78 is 42.8. The first-order valence-corrected chi connectivity index (χ1v) is 4.57. The lowest BCUT2D eigenvalue weighted by Crippen LogP contribution is -2.12. The van der Waals surface area contributed by atoms with Crippen LogP contribution in [0.1, 0.15) is 35.0 Å². The Kier molecular flexibility index (Phi) is 4.04. The number of ether oxygens (including phenoxy) is 1. The van der Waals surface area contributed by atoms with Crippen LogP contribution in [0.5, 0.6) is 0 Å². The van der Waals surface area contributed by atoms with Gasteiger partial charge in [0.15, 0.2) is 0 Å². The van der Waals surface area contributed by atoms with Crippen LogP contribution in [0, 0.1) is 17.3 Å². The minimum absolute atomic E-state index is 0.0483. The smallest absolute Gasteiger partial charge is 0.338 e. The number of rotatable bonds is 3. The van der Waals surface area contributed by atoms with Gasteiger partial charge in [0.2, 0.25) is 5.95 Å². The Hall–Kier alpha value is -2.10. The fourth-order valence-electron chi connectivity index (χ4n) is 1.17. The molecule has 7 heteroatoms. The number of esters is 1. The van der Waals surface area contributed by atoms with Crippen LogP contribution in [0.3, 0.4) is 0 Å². The molecule has 90 valence electrons. The van der Waals surface area contributed by atoms with Crippen molar-refractivity contribution in [1.82, 2.24) is 4.98 Å². The van der Waals surface area contributed by atoms with Crippen LogP contribution in [0.25, 0.3) is 0 Å². The Labute approximate surface area is 94.6 Å². The topological polar surface area (TPSA) is 63.0 Å². The van der Waals surface area contributed by atoms with Crippen LogP contribution in [-0.4, -0.2) is 17.6 Å². The molecule has 0 spiro atoms. The number of carbonyl (C=O) groups is 1. The first kappa shape index (κ1) is 13.0. The largest absolute Gasteiger partial charge is 0.462 e. The summed E-state index contributed by atoms with van der Waals surface area (Å²) in [4.78, 5) is 14.3. The molecular weight excluding hydrogens is 237 g/mol. The Morgan fingerprint density at radius 2 is 2.29 bits per heavy atom. The van der Waals surface area contributed by atoms with Gasteiger partial charge in [0, 0.05) is 0 Å². The van der Waals surface area contributed by atoms with Crippen molar-refractivity contribution in [2.45, 2.75) is 13.3 Å². The SMILES string of the molecule is CCOC(=O)c1cc(C#N)nc(F)c1C(F)F. The van der Waals surface area contributed by atoms with E-state index in [1.54, 1.807) is 0 Å². The summed E-state index contributed by atoms with van der Waals surface area (Å²) in [5, 5.41) is 8.51. The van der Waals surface area contributed by atoms with Crippen LogP contribution in [0.4, 0.5) is 13.2 Å². The van der Waals surface area contributed by atoms with E-state index in [9.17, 15) is 18.0 Å². The quantitative estimate of drug-likeness (QED) is 0.604. The minimum atomic E-state index is -3.21. The molecule has 0 saturated heterocycles. The van der Waals surface area contributed by atoms with Crippen molar-refractivity contribution in [3.05, 3.63) is 28.8 Å². The highest BCUT2D eigenvalue weighted by Gasteiger charge is 2.25. The van der Waals surface area contributed by atoms with Crippen molar-refractivity contribution in [3.8, 4) is 6.07 Å². The maximum Gasteiger partial charge on any atom is 0.338 e. The predicted molar refractivity (Wildman–Crippen MR) is 49.8 cm³/mol. The Morgan fingerprint density at radius 3 is 2.76 bits per heavy atom. The fourth-order valence-corrected chi connectivity index (χ4v) is 1.17. The molecule has 0 aliphatic rings. The number of alkyl halides is 2. The first-order valence-electron chi connectivity index (χ1n) is 4.57. The van der Waals surface area contributed by atoms with Crippen LogP contribution in [0.2, 0.25) is 0 Å². The summed E-state index contributed by atoms with van der Waals surface area (Å²) in [6.07, 6.45) is -3.21. The monoisotopic (exact) mass is 244 g/mol. The molecule has 0 saturated carbocycles. The van der Waals surface area contributed by atoms with Gasteiger partial charge in [0.05, 0.1) is 17.7 Å². The van der Waals surface area contributed by atoms with Crippen molar-refractivity contribution >= 4 is 5.97 Å². The summed E-state index contributed by atoms with van der Waals surface area (Å²) in [6.45, 7) is 1.43. The van der Waals surface area contributed by atoms with E-state index in [0.717, 1.165) is 6.07 Å². The zero-order valence-corrected chi connectivity index (χ0v) is 8.71. The highest BCUT2D eigenvalue weighted by molar-refractivity contribution is 5.91. The van der Waals surface area contributed by atoms with Gasteiger partial charge in [-0.15, -0.1) is 0 Å². The number of nitriles is 1. The number of halogens is 3. The van der Waals surface area contributed by atoms with Gasteiger partial charge in [-0.3, -0.25) is 0 Å². The fraction of sp³-hybridized carbons (Fsp3) is 0.300. The predicted octanol–water partition coefficient (Wildman–Crippen LogP) is 2.21. The molecule has 0 atom stereocenters. The average Bonchev–Trinajstić information content (AvgIpc) is 2.27. The van der Waals surface area contributed by atoms with Crippen molar-refractivity contribution < 1.29 is 22.7 Å². The molecule has 0 fully saturated rings. The van der Waals surface area contributed by atoms with Gasteiger partial charge in [-0.1, -0.05) is 0 Å². The van der Waals surface area contributed by atoms with E-state index in [1.807, 2.05) is 0 Å². The highest BCUT2D eigenvalue weighted by Crippen LogP contribution is 2.26. The molecule has 0 bridgehead atoms. The third-order valence-corrected chi connectivity index (χ3v) is 1.84. The van der Waals surface area contributed by atoms with E-state index in [0.29, 0.717) is 0 Å². The van der Waals surface area contributed by atoms with Gasteiger partial charge < -0.3 is 4.74 Å². The van der Waals surface area contributed by atoms with E-state index in [-0.39, 0.29) is 6.61 Å². The number of pyridine rings is 1. The standard InChI is InChI=1S/C10H7F3N2O2/c1-2-17-10(16)6-3-5(4-14)15-9(13)7(6)8(11)12/h3,8H,2H2,1H3. The average molecular weight is 244 g/mol. The lowest BCUT2D eigenvalue weighted by molar-refractivity contribution is 0.0512. The lowest BCUT2D eigenvalue weighted by atomic mass is 10.1. The van der Waals surface area contributed by atoms with Gasteiger partial charge in [0.1, 0.15) is 11.8 Å². The molecule has 0 radical (unpaired) electrons. The zero-order valence-electron chi connectivity index (χ0n) is 8.71. The molecule has 4 nitrogen and oxygen atoms in total. The molecule has 17 heavy (non-hydrogen) atoms. The third kappa shape index (κ3) is 2.72. The molecule has 0 aliphatic heterocycles. The summed E-state index contributed by atoms with van der Waals surface area (Å²) >= 11 is 0. The van der Waals surface area contributed by atoms with E-state index in [1.165, 1.54) is 13.0 Å². The number of aromatic nitrogens is 1. The van der Waals surface area contributed by atoms with Gasteiger partial charge in [-0.05, 0) is 13.0 Å². The zero-order chi connectivity index (χ0) is 13.0. The molecule has 1 rings (SSSR count). The molecule has 0 aromatic carbocycles. The molecule has 0 unspecified atom stereocenters. The van der Waals surface area contributed by atoms with Crippen LogP contribution >= 0.6 is 0 Å². The molecule has 1 heterocycles. The number of hydrogen-bond acceptors (Lipinski definition) is 4. The second-order valence-electron chi connectivity index (χ2n) is 2.89. The van der Waals surface area contributed by atoms with Crippen molar-refractivity contribution in [3.63, 3.8) is 0 Å². The molecule has 1 aromatic rings. The van der Waals surface area contributed by atoms with E-state index < -0.39 is 35.2 Å². The number of hydrogen-bond donors (Lipinski definition) is 0. The third-order valence-electron chi connectivity index (χ3n) is 1.84. The van der Waals surface area contributed by atoms with E-state index in [2.05, 4.69) is 9.72 Å². The minimum Gasteiger partial charge on any atom is -0.462 e. The second kappa shape index (κ2) is 5.30. The summed E-state index contributed by atoms with van der Waals surface area (Å²) in [7, 11) is 0. The maximum atomic E-state index is 13.2. The van der Waals surface area contributed by atoms with E-state index in [4.69, 9.17) is 5.26 Å². The molecule has 0 N–H and O–H groups in total.